The minimum absolute atomic E-state index is 0.0944. The predicted octanol–water partition coefficient (Wildman–Crippen LogP) is 3.64. The molecule has 0 radical (unpaired) electrons. The molecule has 3 rings (SSSR count). The molecule has 144 valence electrons. The maximum atomic E-state index is 12.0. The summed E-state index contributed by atoms with van der Waals surface area (Å²) in [5.41, 5.74) is 8.22. The first-order valence-corrected chi connectivity index (χ1v) is 9.09. The van der Waals surface area contributed by atoms with E-state index < -0.39 is 0 Å². The zero-order valence-corrected chi connectivity index (χ0v) is 16.6. The standard InChI is InChI=1S/C22H24N4O2/c1-15-10-11-16(2)21(12-15)28-14-22(27)24-23-13-20-17(3)25-26(18(20)4)19-8-6-5-7-9-19/h5-13H,14H2,1-4H3,(H,24,27)/b23-13+. The number of benzene rings is 2. The van der Waals surface area contributed by atoms with E-state index in [9.17, 15) is 4.79 Å². The third kappa shape index (κ3) is 4.46. The van der Waals surface area contributed by atoms with Crippen molar-refractivity contribution in [2.75, 3.05) is 6.61 Å². The largest absolute Gasteiger partial charge is 0.483 e. The van der Waals surface area contributed by atoms with Gasteiger partial charge in [0, 0.05) is 5.56 Å². The van der Waals surface area contributed by atoms with Gasteiger partial charge in [0.2, 0.25) is 0 Å². The van der Waals surface area contributed by atoms with Gasteiger partial charge in [0.15, 0.2) is 6.61 Å². The number of nitrogens with zero attached hydrogens (tertiary/aromatic N) is 3. The molecule has 0 aliphatic carbocycles. The molecule has 1 amide bonds. The SMILES string of the molecule is Cc1ccc(C)c(OCC(=O)N/N=C/c2c(C)nn(-c3ccccc3)c2C)c1. The number of amides is 1. The smallest absolute Gasteiger partial charge is 0.277 e. The summed E-state index contributed by atoms with van der Waals surface area (Å²) in [6.07, 6.45) is 1.62. The molecule has 0 bridgehead atoms. The summed E-state index contributed by atoms with van der Waals surface area (Å²) in [6.45, 7) is 7.72. The van der Waals surface area contributed by atoms with Gasteiger partial charge in [0.05, 0.1) is 23.3 Å². The maximum Gasteiger partial charge on any atom is 0.277 e. The van der Waals surface area contributed by atoms with Gasteiger partial charge in [-0.1, -0.05) is 30.3 Å². The first-order valence-electron chi connectivity index (χ1n) is 9.09. The molecule has 0 fully saturated rings. The fourth-order valence-electron chi connectivity index (χ4n) is 2.87. The zero-order valence-electron chi connectivity index (χ0n) is 16.6. The first-order chi connectivity index (χ1) is 13.5. The second-order valence-corrected chi connectivity index (χ2v) is 6.68. The van der Waals surface area contributed by atoms with Crippen molar-refractivity contribution in [1.29, 1.82) is 0 Å². The zero-order chi connectivity index (χ0) is 20.1. The van der Waals surface area contributed by atoms with E-state index in [0.29, 0.717) is 5.75 Å². The first kappa shape index (κ1) is 19.4. The lowest BCUT2D eigenvalue weighted by Crippen LogP contribution is -2.24. The van der Waals surface area contributed by atoms with Crippen molar-refractivity contribution in [1.82, 2.24) is 15.2 Å². The summed E-state index contributed by atoms with van der Waals surface area (Å²) in [7, 11) is 0. The van der Waals surface area contributed by atoms with Crippen LogP contribution >= 0.6 is 0 Å². The maximum absolute atomic E-state index is 12.0. The molecule has 1 heterocycles. The summed E-state index contributed by atoms with van der Waals surface area (Å²) in [5, 5.41) is 8.62. The molecule has 0 unspecified atom stereocenters. The van der Waals surface area contributed by atoms with Crippen LogP contribution < -0.4 is 10.2 Å². The fraction of sp³-hybridized carbons (Fsp3) is 0.227. The summed E-state index contributed by atoms with van der Waals surface area (Å²) < 4.78 is 7.45. The Bertz CT molecular complexity index is 1010. The number of aromatic nitrogens is 2. The topological polar surface area (TPSA) is 68.5 Å². The van der Waals surface area contributed by atoms with Gasteiger partial charge in [-0.2, -0.15) is 10.2 Å². The molecule has 0 saturated heterocycles. The summed E-state index contributed by atoms with van der Waals surface area (Å²) in [6, 6.07) is 15.8. The molecular weight excluding hydrogens is 352 g/mol. The highest BCUT2D eigenvalue weighted by atomic mass is 16.5. The highest BCUT2D eigenvalue weighted by Crippen LogP contribution is 2.19. The molecule has 0 atom stereocenters. The Hall–Kier alpha value is -3.41. The second-order valence-electron chi connectivity index (χ2n) is 6.68. The quantitative estimate of drug-likeness (QED) is 0.528. The van der Waals surface area contributed by atoms with Crippen molar-refractivity contribution in [2.45, 2.75) is 27.7 Å². The molecule has 0 aliphatic heterocycles. The number of aryl methyl sites for hydroxylation is 3. The van der Waals surface area contributed by atoms with Gasteiger partial charge in [-0.25, -0.2) is 10.1 Å². The Balaban J connectivity index is 1.62. The van der Waals surface area contributed by atoms with E-state index in [1.807, 2.05) is 80.9 Å². The van der Waals surface area contributed by atoms with Crippen molar-refractivity contribution in [3.05, 3.63) is 76.6 Å². The Morgan fingerprint density at radius 1 is 1.14 bits per heavy atom. The van der Waals surface area contributed by atoms with E-state index in [2.05, 4.69) is 15.6 Å². The molecule has 28 heavy (non-hydrogen) atoms. The monoisotopic (exact) mass is 376 g/mol. The average molecular weight is 376 g/mol. The van der Waals surface area contributed by atoms with Crippen molar-refractivity contribution in [3.8, 4) is 11.4 Å². The van der Waals surface area contributed by atoms with Crippen LogP contribution in [0.4, 0.5) is 0 Å². The molecule has 2 aromatic carbocycles. The lowest BCUT2D eigenvalue weighted by molar-refractivity contribution is -0.123. The number of ether oxygens (including phenoxy) is 1. The number of carbonyl (C=O) groups excluding carboxylic acids is 1. The summed E-state index contributed by atoms with van der Waals surface area (Å²) >= 11 is 0. The van der Waals surface area contributed by atoms with Crippen molar-refractivity contribution in [3.63, 3.8) is 0 Å². The van der Waals surface area contributed by atoms with Crippen LogP contribution in [0.1, 0.15) is 28.1 Å². The Morgan fingerprint density at radius 2 is 1.89 bits per heavy atom. The average Bonchev–Trinajstić information content (AvgIpc) is 2.97. The number of para-hydroxylation sites is 1. The molecular formula is C22H24N4O2. The van der Waals surface area contributed by atoms with Gasteiger partial charge in [-0.15, -0.1) is 0 Å². The van der Waals surface area contributed by atoms with Crippen LogP contribution in [-0.4, -0.2) is 28.5 Å². The Morgan fingerprint density at radius 3 is 2.64 bits per heavy atom. The Kier molecular flexibility index (Phi) is 5.89. The molecule has 1 aromatic heterocycles. The van der Waals surface area contributed by atoms with Crippen LogP contribution in [0.5, 0.6) is 5.75 Å². The van der Waals surface area contributed by atoms with E-state index in [4.69, 9.17) is 4.74 Å². The number of hydrogen-bond acceptors (Lipinski definition) is 4. The van der Waals surface area contributed by atoms with E-state index in [1.165, 1.54) is 0 Å². The predicted molar refractivity (Wildman–Crippen MR) is 110 cm³/mol. The van der Waals surface area contributed by atoms with Crippen LogP contribution in [-0.2, 0) is 4.79 Å². The minimum Gasteiger partial charge on any atom is -0.483 e. The highest BCUT2D eigenvalue weighted by molar-refractivity contribution is 5.85. The van der Waals surface area contributed by atoms with Crippen LogP contribution in [0.3, 0.4) is 0 Å². The van der Waals surface area contributed by atoms with Crippen molar-refractivity contribution < 1.29 is 9.53 Å². The van der Waals surface area contributed by atoms with Gasteiger partial charge in [0.1, 0.15) is 5.75 Å². The van der Waals surface area contributed by atoms with Crippen LogP contribution in [0.15, 0.2) is 53.6 Å². The number of rotatable bonds is 6. The van der Waals surface area contributed by atoms with E-state index in [1.54, 1.807) is 6.21 Å². The second kappa shape index (κ2) is 8.52. The van der Waals surface area contributed by atoms with Gasteiger partial charge < -0.3 is 4.74 Å². The Labute approximate surface area is 164 Å². The molecule has 3 aromatic rings. The number of hydrazone groups is 1. The molecule has 6 heteroatoms. The lowest BCUT2D eigenvalue weighted by atomic mass is 10.1. The van der Waals surface area contributed by atoms with E-state index in [0.717, 1.165) is 33.8 Å². The van der Waals surface area contributed by atoms with Gasteiger partial charge in [0.25, 0.3) is 5.91 Å². The summed E-state index contributed by atoms with van der Waals surface area (Å²) in [5.74, 6) is 0.387. The molecule has 1 N–H and O–H groups in total. The number of carbonyl (C=O) groups is 1. The van der Waals surface area contributed by atoms with Crippen molar-refractivity contribution in [2.24, 2.45) is 5.10 Å². The highest BCUT2D eigenvalue weighted by Gasteiger charge is 2.11. The van der Waals surface area contributed by atoms with Crippen LogP contribution in [0.25, 0.3) is 5.69 Å². The fourth-order valence-corrected chi connectivity index (χ4v) is 2.87. The number of nitrogens with one attached hydrogen (secondary N) is 1. The third-order valence-electron chi connectivity index (χ3n) is 4.43. The van der Waals surface area contributed by atoms with E-state index in [-0.39, 0.29) is 12.5 Å². The van der Waals surface area contributed by atoms with E-state index >= 15 is 0 Å². The molecule has 6 nitrogen and oxygen atoms in total. The van der Waals surface area contributed by atoms with Gasteiger partial charge in [-0.05, 0) is 57.0 Å². The van der Waals surface area contributed by atoms with Gasteiger partial charge >= 0.3 is 0 Å². The number of hydrogen-bond donors (Lipinski definition) is 1. The van der Waals surface area contributed by atoms with Crippen molar-refractivity contribution >= 4 is 12.1 Å². The molecule has 0 aliphatic rings. The third-order valence-corrected chi connectivity index (χ3v) is 4.43. The molecule has 0 spiro atoms. The lowest BCUT2D eigenvalue weighted by Gasteiger charge is -2.08. The van der Waals surface area contributed by atoms with Gasteiger partial charge in [-0.3, -0.25) is 4.79 Å². The minimum atomic E-state index is -0.317. The summed E-state index contributed by atoms with van der Waals surface area (Å²) in [4.78, 5) is 12.0. The molecule has 0 saturated carbocycles. The van der Waals surface area contributed by atoms with Crippen LogP contribution in [0, 0.1) is 27.7 Å². The normalized spacial score (nSPS) is 11.0. The van der Waals surface area contributed by atoms with Crippen LogP contribution in [0.2, 0.25) is 0 Å².